The fraction of sp³-hybridized carbons (Fsp3) is 0.389. The SMILES string of the molecule is CCC=CCCOc1c(OC(C)C)c(=O)oc2cc(O)ccc12. The molecule has 124 valence electrons. The Labute approximate surface area is 135 Å². The number of rotatable bonds is 7. The van der Waals surface area contributed by atoms with Crippen molar-refractivity contribution >= 4 is 11.0 Å². The van der Waals surface area contributed by atoms with Gasteiger partial charge in [0.25, 0.3) is 0 Å². The van der Waals surface area contributed by atoms with E-state index < -0.39 is 5.63 Å². The summed E-state index contributed by atoms with van der Waals surface area (Å²) in [6, 6.07) is 4.56. The van der Waals surface area contributed by atoms with Crippen LogP contribution in [-0.2, 0) is 0 Å². The molecule has 0 amide bonds. The topological polar surface area (TPSA) is 68.9 Å². The van der Waals surface area contributed by atoms with Gasteiger partial charge in [-0.15, -0.1) is 0 Å². The minimum atomic E-state index is -0.615. The molecule has 0 saturated carbocycles. The van der Waals surface area contributed by atoms with Crippen LogP contribution in [0.15, 0.2) is 39.6 Å². The Morgan fingerprint density at radius 3 is 2.74 bits per heavy atom. The van der Waals surface area contributed by atoms with Gasteiger partial charge in [-0.3, -0.25) is 0 Å². The van der Waals surface area contributed by atoms with E-state index in [4.69, 9.17) is 13.9 Å². The summed E-state index contributed by atoms with van der Waals surface area (Å²) in [5, 5.41) is 10.2. The van der Waals surface area contributed by atoms with E-state index in [-0.39, 0.29) is 23.2 Å². The molecule has 0 unspecified atom stereocenters. The molecule has 0 aliphatic heterocycles. The van der Waals surface area contributed by atoms with E-state index in [0.717, 1.165) is 12.8 Å². The van der Waals surface area contributed by atoms with Crippen LogP contribution in [0, 0.1) is 0 Å². The predicted octanol–water partition coefficient (Wildman–Crippen LogP) is 4.02. The first-order valence-corrected chi connectivity index (χ1v) is 7.77. The molecule has 5 nitrogen and oxygen atoms in total. The minimum absolute atomic E-state index is 0.0232. The summed E-state index contributed by atoms with van der Waals surface area (Å²) in [6.45, 7) is 6.14. The third kappa shape index (κ3) is 4.28. The Balaban J connectivity index is 2.42. The molecule has 0 spiro atoms. The quantitative estimate of drug-likeness (QED) is 0.474. The number of fused-ring (bicyclic) bond motifs is 1. The summed E-state index contributed by atoms with van der Waals surface area (Å²) in [5.41, 5.74) is -0.346. The van der Waals surface area contributed by atoms with Gasteiger partial charge in [-0.25, -0.2) is 4.79 Å². The molecule has 0 saturated heterocycles. The highest BCUT2D eigenvalue weighted by Crippen LogP contribution is 2.34. The third-order valence-electron chi connectivity index (χ3n) is 3.09. The zero-order valence-corrected chi connectivity index (χ0v) is 13.7. The molecule has 0 atom stereocenters. The molecule has 0 aliphatic carbocycles. The van der Waals surface area contributed by atoms with E-state index in [1.165, 1.54) is 12.1 Å². The van der Waals surface area contributed by atoms with Crippen LogP contribution in [0.25, 0.3) is 11.0 Å². The van der Waals surface area contributed by atoms with Gasteiger partial charge in [0, 0.05) is 6.07 Å². The zero-order chi connectivity index (χ0) is 16.8. The molecule has 1 heterocycles. The van der Waals surface area contributed by atoms with Crippen LogP contribution in [0.5, 0.6) is 17.2 Å². The van der Waals surface area contributed by atoms with Crippen LogP contribution in [-0.4, -0.2) is 17.8 Å². The molecular formula is C18H22O5. The first-order valence-electron chi connectivity index (χ1n) is 7.77. The monoisotopic (exact) mass is 318 g/mol. The highest BCUT2D eigenvalue weighted by Gasteiger charge is 2.19. The number of phenolic OH excluding ortho intramolecular Hbond substituents is 1. The van der Waals surface area contributed by atoms with Crippen LogP contribution in [0.3, 0.4) is 0 Å². The maximum atomic E-state index is 12.2. The van der Waals surface area contributed by atoms with E-state index in [0.29, 0.717) is 17.7 Å². The summed E-state index contributed by atoms with van der Waals surface area (Å²) in [7, 11) is 0. The van der Waals surface area contributed by atoms with Gasteiger partial charge in [-0.2, -0.15) is 0 Å². The van der Waals surface area contributed by atoms with Crippen molar-refractivity contribution in [2.45, 2.75) is 39.7 Å². The minimum Gasteiger partial charge on any atom is -0.508 e. The third-order valence-corrected chi connectivity index (χ3v) is 3.09. The summed E-state index contributed by atoms with van der Waals surface area (Å²) in [4.78, 5) is 12.2. The number of ether oxygens (including phenoxy) is 2. The lowest BCUT2D eigenvalue weighted by molar-refractivity contribution is 0.213. The summed E-state index contributed by atoms with van der Waals surface area (Å²) in [6.07, 6.45) is 5.61. The highest BCUT2D eigenvalue weighted by atomic mass is 16.5. The molecule has 1 N–H and O–H groups in total. The van der Waals surface area contributed by atoms with Crippen molar-refractivity contribution in [1.29, 1.82) is 0 Å². The number of phenols is 1. The van der Waals surface area contributed by atoms with Crippen molar-refractivity contribution in [3.63, 3.8) is 0 Å². The normalized spacial score (nSPS) is 11.5. The molecule has 0 radical (unpaired) electrons. The first-order chi connectivity index (χ1) is 11.0. The van der Waals surface area contributed by atoms with Crippen molar-refractivity contribution in [1.82, 2.24) is 0 Å². The van der Waals surface area contributed by atoms with Gasteiger partial charge in [0.2, 0.25) is 5.75 Å². The Bertz CT molecular complexity index is 743. The molecule has 0 aliphatic rings. The summed E-state index contributed by atoms with van der Waals surface area (Å²) >= 11 is 0. The second kappa shape index (κ2) is 7.72. The molecule has 0 fully saturated rings. The largest absolute Gasteiger partial charge is 0.508 e. The molecule has 1 aromatic carbocycles. The van der Waals surface area contributed by atoms with E-state index in [9.17, 15) is 9.90 Å². The molecule has 2 aromatic rings. The Morgan fingerprint density at radius 2 is 2.04 bits per heavy atom. The Morgan fingerprint density at radius 1 is 1.26 bits per heavy atom. The molecule has 5 heteroatoms. The number of benzene rings is 1. The summed E-state index contributed by atoms with van der Waals surface area (Å²) in [5.74, 6) is 0.447. The Kier molecular flexibility index (Phi) is 5.68. The average molecular weight is 318 g/mol. The van der Waals surface area contributed by atoms with Gasteiger partial charge in [0.05, 0.1) is 18.1 Å². The maximum Gasteiger partial charge on any atom is 0.383 e. The van der Waals surface area contributed by atoms with Gasteiger partial charge in [0.1, 0.15) is 11.3 Å². The maximum absolute atomic E-state index is 12.2. The fourth-order valence-corrected chi connectivity index (χ4v) is 2.14. The van der Waals surface area contributed by atoms with Gasteiger partial charge in [-0.05, 0) is 38.8 Å². The van der Waals surface area contributed by atoms with Crippen molar-refractivity contribution in [3.05, 3.63) is 40.8 Å². The second-order valence-corrected chi connectivity index (χ2v) is 5.41. The van der Waals surface area contributed by atoms with Crippen LogP contribution in [0.1, 0.15) is 33.6 Å². The molecular weight excluding hydrogens is 296 g/mol. The van der Waals surface area contributed by atoms with Crippen molar-refractivity contribution < 1.29 is 19.0 Å². The van der Waals surface area contributed by atoms with Crippen LogP contribution in [0.2, 0.25) is 0 Å². The number of aromatic hydroxyl groups is 1. The van der Waals surface area contributed by atoms with E-state index >= 15 is 0 Å². The van der Waals surface area contributed by atoms with Crippen LogP contribution >= 0.6 is 0 Å². The van der Waals surface area contributed by atoms with Crippen molar-refractivity contribution in [2.24, 2.45) is 0 Å². The highest BCUT2D eigenvalue weighted by molar-refractivity contribution is 5.86. The lowest BCUT2D eigenvalue weighted by atomic mass is 10.2. The van der Waals surface area contributed by atoms with Gasteiger partial charge in [-0.1, -0.05) is 19.1 Å². The van der Waals surface area contributed by atoms with Crippen LogP contribution < -0.4 is 15.1 Å². The fourth-order valence-electron chi connectivity index (χ4n) is 2.14. The van der Waals surface area contributed by atoms with Gasteiger partial charge < -0.3 is 19.0 Å². The standard InChI is InChI=1S/C18H22O5/c1-4-5-6-7-10-21-16-14-9-8-13(19)11-15(14)23-18(20)17(16)22-12(2)3/h5-6,8-9,11-12,19H,4,7,10H2,1-3H3. The van der Waals surface area contributed by atoms with E-state index in [1.807, 2.05) is 19.9 Å². The number of allylic oxidation sites excluding steroid dienone is 1. The lowest BCUT2D eigenvalue weighted by Crippen LogP contribution is -2.15. The molecule has 2 rings (SSSR count). The Hall–Kier alpha value is -2.43. The van der Waals surface area contributed by atoms with E-state index in [1.54, 1.807) is 6.07 Å². The molecule has 23 heavy (non-hydrogen) atoms. The predicted molar refractivity (Wildman–Crippen MR) is 89.5 cm³/mol. The van der Waals surface area contributed by atoms with E-state index in [2.05, 4.69) is 13.0 Å². The lowest BCUT2D eigenvalue weighted by Gasteiger charge is -2.15. The van der Waals surface area contributed by atoms with Crippen molar-refractivity contribution in [3.8, 4) is 17.2 Å². The second-order valence-electron chi connectivity index (χ2n) is 5.41. The zero-order valence-electron chi connectivity index (χ0n) is 13.7. The average Bonchev–Trinajstić information content (AvgIpc) is 2.49. The first kappa shape index (κ1) is 16.9. The molecule has 1 aromatic heterocycles. The van der Waals surface area contributed by atoms with Gasteiger partial charge in [0.15, 0.2) is 5.75 Å². The smallest absolute Gasteiger partial charge is 0.383 e. The summed E-state index contributed by atoms with van der Waals surface area (Å²) < 4.78 is 16.6. The number of hydrogen-bond acceptors (Lipinski definition) is 5. The van der Waals surface area contributed by atoms with Crippen molar-refractivity contribution in [2.75, 3.05) is 6.61 Å². The van der Waals surface area contributed by atoms with Crippen LogP contribution in [0.4, 0.5) is 0 Å². The number of hydrogen-bond donors (Lipinski definition) is 1. The van der Waals surface area contributed by atoms with Gasteiger partial charge >= 0.3 is 5.63 Å². The molecule has 0 bridgehead atoms.